The van der Waals surface area contributed by atoms with E-state index < -0.39 is 17.1 Å². The molecule has 0 aromatic rings. The summed E-state index contributed by atoms with van der Waals surface area (Å²) in [5.74, 6) is 0.865. The van der Waals surface area contributed by atoms with Crippen LogP contribution in [0.3, 0.4) is 0 Å². The number of ether oxygens (including phenoxy) is 1. The average molecular weight is 420 g/mol. The summed E-state index contributed by atoms with van der Waals surface area (Å²) < 4.78 is 5.18. The first-order chi connectivity index (χ1) is 14.2. The zero-order valence-electron chi connectivity index (χ0n) is 18.5. The number of aliphatic hydroxyl groups is 2. The van der Waals surface area contributed by atoms with E-state index in [1.54, 1.807) is 13.2 Å². The van der Waals surface area contributed by atoms with Crippen molar-refractivity contribution in [3.63, 3.8) is 0 Å². The van der Waals surface area contributed by atoms with Crippen molar-refractivity contribution in [1.29, 1.82) is 0 Å². The van der Waals surface area contributed by atoms with Crippen molar-refractivity contribution in [3.8, 4) is 0 Å². The minimum Gasteiger partial charge on any atom is -0.458 e. The molecular weight excluding hydrogens is 382 g/mol. The molecule has 6 heteroatoms. The van der Waals surface area contributed by atoms with Gasteiger partial charge in [0.15, 0.2) is 0 Å². The van der Waals surface area contributed by atoms with Crippen LogP contribution in [0.4, 0.5) is 0 Å². The van der Waals surface area contributed by atoms with Gasteiger partial charge in [0, 0.05) is 17.5 Å². The first-order valence-corrected chi connectivity index (χ1v) is 11.8. The maximum Gasteiger partial charge on any atom is 0.331 e. The van der Waals surface area contributed by atoms with Gasteiger partial charge in [0.1, 0.15) is 6.61 Å². The van der Waals surface area contributed by atoms with Gasteiger partial charge in [0.2, 0.25) is 0 Å². The number of nitrogens with one attached hydrogen (secondary N) is 1. The van der Waals surface area contributed by atoms with Crippen molar-refractivity contribution in [2.75, 3.05) is 13.7 Å². The molecular formula is C24H37NO5. The predicted octanol–water partition coefficient (Wildman–Crippen LogP) is 2.73. The van der Waals surface area contributed by atoms with Gasteiger partial charge in [0.05, 0.1) is 18.8 Å². The van der Waals surface area contributed by atoms with Crippen molar-refractivity contribution < 1.29 is 24.6 Å². The number of rotatable bonds is 3. The van der Waals surface area contributed by atoms with E-state index in [2.05, 4.69) is 19.3 Å². The van der Waals surface area contributed by atoms with Crippen molar-refractivity contribution >= 4 is 5.97 Å². The zero-order chi connectivity index (χ0) is 21.3. The highest BCUT2D eigenvalue weighted by Gasteiger charge is 2.70. The highest BCUT2D eigenvalue weighted by atomic mass is 16.6. The van der Waals surface area contributed by atoms with Crippen LogP contribution in [0, 0.1) is 34.5 Å². The molecule has 5 rings (SSSR count). The minimum atomic E-state index is -0.887. The Labute approximate surface area is 179 Å². The zero-order valence-corrected chi connectivity index (χ0v) is 18.5. The van der Waals surface area contributed by atoms with Gasteiger partial charge in [-0.15, -0.1) is 0 Å². The molecule has 9 atom stereocenters. The third-order valence-electron chi connectivity index (χ3n) is 10.4. The molecule has 168 valence electrons. The van der Waals surface area contributed by atoms with Crippen LogP contribution in [0.15, 0.2) is 11.6 Å². The standard InChI is InChI=1S/C24H37NO5/c1-22-8-6-16(25-29-3)11-15(22)4-5-18-19(22)12-20(26)23(2)17(7-9-24(18,23)28)14-10-21(27)30-13-14/h10,15-20,25-26,28H,4-9,11-13H2,1-3H3/t15-,16+,17-,18-,19+,20-,22+,23+,24+/m1/s1. The van der Waals surface area contributed by atoms with Crippen molar-refractivity contribution in [2.45, 2.75) is 83.0 Å². The molecule has 0 bridgehead atoms. The fraction of sp³-hybridized carbons (Fsp3) is 0.875. The summed E-state index contributed by atoms with van der Waals surface area (Å²) in [5, 5.41) is 23.8. The molecule has 0 unspecified atom stereocenters. The molecule has 5 aliphatic rings. The molecule has 4 saturated carbocycles. The van der Waals surface area contributed by atoms with E-state index in [1.165, 1.54) is 0 Å². The molecule has 0 aromatic carbocycles. The van der Waals surface area contributed by atoms with Gasteiger partial charge in [-0.25, -0.2) is 4.79 Å². The Morgan fingerprint density at radius 3 is 2.63 bits per heavy atom. The summed E-state index contributed by atoms with van der Waals surface area (Å²) in [7, 11) is 1.69. The predicted molar refractivity (Wildman–Crippen MR) is 111 cm³/mol. The largest absolute Gasteiger partial charge is 0.458 e. The lowest BCUT2D eigenvalue weighted by molar-refractivity contribution is -0.243. The van der Waals surface area contributed by atoms with E-state index in [9.17, 15) is 15.0 Å². The van der Waals surface area contributed by atoms with Gasteiger partial charge >= 0.3 is 5.97 Å². The molecule has 0 radical (unpaired) electrons. The lowest BCUT2D eigenvalue weighted by atomic mass is 9.42. The molecule has 0 saturated heterocycles. The molecule has 0 aromatic heterocycles. The molecule has 0 amide bonds. The second kappa shape index (κ2) is 7.03. The van der Waals surface area contributed by atoms with Crippen LogP contribution in [0.2, 0.25) is 0 Å². The van der Waals surface area contributed by atoms with Crippen LogP contribution in [0.5, 0.6) is 0 Å². The number of fused-ring (bicyclic) bond motifs is 5. The first-order valence-electron chi connectivity index (χ1n) is 11.8. The fourth-order valence-corrected chi connectivity index (χ4v) is 8.66. The van der Waals surface area contributed by atoms with Crippen LogP contribution >= 0.6 is 0 Å². The van der Waals surface area contributed by atoms with E-state index in [0.29, 0.717) is 30.9 Å². The Hall–Kier alpha value is -0.950. The number of esters is 1. The highest BCUT2D eigenvalue weighted by Crippen LogP contribution is 2.69. The van der Waals surface area contributed by atoms with Crippen LogP contribution in [-0.2, 0) is 14.4 Å². The quantitative estimate of drug-likeness (QED) is 0.482. The number of hydrogen-bond donors (Lipinski definition) is 3. The van der Waals surface area contributed by atoms with Gasteiger partial charge in [0.25, 0.3) is 0 Å². The van der Waals surface area contributed by atoms with Crippen LogP contribution in [0.1, 0.15) is 65.2 Å². The molecule has 0 spiro atoms. The van der Waals surface area contributed by atoms with E-state index in [1.807, 2.05) is 0 Å². The third kappa shape index (κ3) is 2.66. The first kappa shape index (κ1) is 20.9. The second-order valence-corrected chi connectivity index (χ2v) is 11.2. The van der Waals surface area contributed by atoms with Crippen molar-refractivity contribution in [1.82, 2.24) is 5.48 Å². The van der Waals surface area contributed by atoms with Crippen LogP contribution in [-0.4, -0.2) is 47.6 Å². The summed E-state index contributed by atoms with van der Waals surface area (Å²) >= 11 is 0. The van der Waals surface area contributed by atoms with E-state index in [0.717, 1.165) is 50.5 Å². The number of aliphatic hydroxyl groups excluding tert-OH is 1. The van der Waals surface area contributed by atoms with E-state index in [4.69, 9.17) is 9.57 Å². The molecule has 3 N–H and O–H groups in total. The lowest BCUT2D eigenvalue weighted by Crippen LogP contribution is -2.67. The maximum absolute atomic E-state index is 12.2. The monoisotopic (exact) mass is 419 g/mol. The minimum absolute atomic E-state index is 0.0112. The number of cyclic esters (lactones) is 1. The van der Waals surface area contributed by atoms with Crippen LogP contribution < -0.4 is 5.48 Å². The van der Waals surface area contributed by atoms with Gasteiger partial charge in [-0.1, -0.05) is 13.8 Å². The summed E-state index contributed by atoms with van der Waals surface area (Å²) in [6.07, 6.45) is 8.73. The Balaban J connectivity index is 1.45. The molecule has 4 aliphatic carbocycles. The molecule has 1 heterocycles. The van der Waals surface area contributed by atoms with Gasteiger partial charge in [-0.2, -0.15) is 5.48 Å². The Morgan fingerprint density at radius 1 is 1.13 bits per heavy atom. The fourth-order valence-electron chi connectivity index (χ4n) is 8.66. The maximum atomic E-state index is 12.2. The van der Waals surface area contributed by atoms with Crippen molar-refractivity contribution in [3.05, 3.63) is 11.6 Å². The number of carbonyl (C=O) groups is 1. The normalized spacial score (nSPS) is 52.8. The summed E-state index contributed by atoms with van der Waals surface area (Å²) in [6, 6.07) is 0.397. The Bertz CT molecular complexity index is 754. The SMILES string of the molecule is CON[C@H]1CC[C@@]2(C)[C@H](CC[C@@H]3[C@@H]2C[C@@H](O)[C@]2(C)[C@@H](C4=CC(=O)OC4)CC[C@]32O)C1. The van der Waals surface area contributed by atoms with E-state index in [-0.39, 0.29) is 23.2 Å². The Kier molecular flexibility index (Phi) is 4.90. The average Bonchev–Trinajstić information content (AvgIpc) is 3.25. The van der Waals surface area contributed by atoms with Gasteiger partial charge in [-0.05, 0) is 86.0 Å². The van der Waals surface area contributed by atoms with Crippen molar-refractivity contribution in [2.24, 2.45) is 34.5 Å². The second-order valence-electron chi connectivity index (χ2n) is 11.2. The molecule has 1 aliphatic heterocycles. The summed E-state index contributed by atoms with van der Waals surface area (Å²) in [6.45, 7) is 4.79. The van der Waals surface area contributed by atoms with Gasteiger partial charge < -0.3 is 19.8 Å². The molecule has 4 fully saturated rings. The molecule has 30 heavy (non-hydrogen) atoms. The van der Waals surface area contributed by atoms with Gasteiger partial charge in [-0.3, -0.25) is 0 Å². The Morgan fingerprint density at radius 2 is 1.93 bits per heavy atom. The van der Waals surface area contributed by atoms with Crippen LogP contribution in [0.25, 0.3) is 0 Å². The number of hydroxylamine groups is 1. The highest BCUT2D eigenvalue weighted by molar-refractivity contribution is 5.85. The summed E-state index contributed by atoms with van der Waals surface area (Å²) in [5.41, 5.74) is 2.77. The van der Waals surface area contributed by atoms with E-state index >= 15 is 0 Å². The molecule has 6 nitrogen and oxygen atoms in total. The number of carbonyl (C=O) groups excluding carboxylic acids is 1. The lowest BCUT2D eigenvalue weighted by Gasteiger charge is -2.65. The number of hydrogen-bond acceptors (Lipinski definition) is 6. The topological polar surface area (TPSA) is 88.0 Å². The third-order valence-corrected chi connectivity index (χ3v) is 10.4. The smallest absolute Gasteiger partial charge is 0.331 e. The summed E-state index contributed by atoms with van der Waals surface area (Å²) in [4.78, 5) is 16.9.